The third-order valence-electron chi connectivity index (χ3n) is 5.32. The van der Waals surface area contributed by atoms with E-state index in [0.717, 1.165) is 11.3 Å². The summed E-state index contributed by atoms with van der Waals surface area (Å²) in [5, 5.41) is 0. The van der Waals surface area contributed by atoms with Crippen LogP contribution in [0.3, 0.4) is 0 Å². The van der Waals surface area contributed by atoms with E-state index >= 15 is 0 Å². The van der Waals surface area contributed by atoms with Gasteiger partial charge in [-0.15, -0.1) is 0 Å². The molecule has 2 heterocycles. The smallest absolute Gasteiger partial charge is 0.414 e. The standard InChI is InChI=1S/C20H32N2O3Si/c1-8-24-20(23)22-13-18(19(22)17-9-11-21-12-10-17)25-26(14(2)3,15(4)5)16(6)7/h9-16,19H,8H2,1-7H3. The van der Waals surface area contributed by atoms with Crippen LogP contribution < -0.4 is 0 Å². The molecule has 0 aliphatic carbocycles. The number of carbonyl (C=O) groups excluding carboxylic acids is 1. The molecule has 0 spiro atoms. The number of carbonyl (C=O) groups is 1. The lowest BCUT2D eigenvalue weighted by Crippen LogP contribution is -2.51. The van der Waals surface area contributed by atoms with Crippen LogP contribution in [0.25, 0.3) is 0 Å². The van der Waals surface area contributed by atoms with E-state index in [0.29, 0.717) is 23.2 Å². The molecule has 0 saturated heterocycles. The van der Waals surface area contributed by atoms with Crippen LogP contribution in [-0.2, 0) is 9.16 Å². The number of nitrogens with zero attached hydrogens (tertiary/aromatic N) is 2. The summed E-state index contributed by atoms with van der Waals surface area (Å²) in [5.74, 6) is 0.868. The fraction of sp³-hybridized carbons (Fsp3) is 0.600. The minimum atomic E-state index is -2.08. The molecule has 1 aromatic rings. The van der Waals surface area contributed by atoms with Gasteiger partial charge in [-0.25, -0.2) is 4.79 Å². The van der Waals surface area contributed by atoms with Gasteiger partial charge in [-0.05, 0) is 41.2 Å². The summed E-state index contributed by atoms with van der Waals surface area (Å²) in [7, 11) is -2.08. The Kier molecular flexibility index (Phi) is 6.50. The topological polar surface area (TPSA) is 51.7 Å². The maximum atomic E-state index is 12.3. The molecule has 26 heavy (non-hydrogen) atoms. The van der Waals surface area contributed by atoms with Crippen molar-refractivity contribution in [3.05, 3.63) is 42.0 Å². The van der Waals surface area contributed by atoms with Crippen molar-refractivity contribution in [2.75, 3.05) is 6.61 Å². The van der Waals surface area contributed by atoms with Crippen molar-refractivity contribution in [1.29, 1.82) is 0 Å². The third kappa shape index (κ3) is 3.65. The molecule has 1 aliphatic rings. The lowest BCUT2D eigenvalue weighted by atomic mass is 10.0. The summed E-state index contributed by atoms with van der Waals surface area (Å²) in [6.07, 6.45) is 4.95. The molecule has 0 N–H and O–H groups in total. The molecule has 5 nitrogen and oxygen atoms in total. The highest BCUT2D eigenvalue weighted by Gasteiger charge is 2.50. The Labute approximate surface area is 158 Å². The Morgan fingerprint density at radius 3 is 2.12 bits per heavy atom. The molecule has 1 aliphatic heterocycles. The summed E-state index contributed by atoms with van der Waals surface area (Å²) >= 11 is 0. The first-order valence-electron chi connectivity index (χ1n) is 9.51. The Morgan fingerprint density at radius 2 is 1.65 bits per heavy atom. The highest BCUT2D eigenvalue weighted by Crippen LogP contribution is 2.48. The quantitative estimate of drug-likeness (QED) is 0.579. The maximum absolute atomic E-state index is 12.3. The van der Waals surface area contributed by atoms with Gasteiger partial charge in [-0.2, -0.15) is 0 Å². The van der Waals surface area contributed by atoms with Gasteiger partial charge in [-0.1, -0.05) is 41.5 Å². The lowest BCUT2D eigenvalue weighted by Gasteiger charge is -2.48. The average Bonchev–Trinajstić information content (AvgIpc) is 2.54. The fourth-order valence-corrected chi connectivity index (χ4v) is 9.48. The summed E-state index contributed by atoms with van der Waals surface area (Å²) in [6.45, 7) is 15.7. The van der Waals surface area contributed by atoms with Gasteiger partial charge in [0, 0.05) is 12.4 Å². The van der Waals surface area contributed by atoms with E-state index in [4.69, 9.17) is 9.16 Å². The zero-order valence-electron chi connectivity index (χ0n) is 17.0. The molecule has 1 atom stereocenters. The van der Waals surface area contributed by atoms with Crippen molar-refractivity contribution in [2.45, 2.75) is 71.1 Å². The number of amides is 1. The molecule has 6 heteroatoms. The Balaban J connectivity index is 2.39. The lowest BCUT2D eigenvalue weighted by molar-refractivity contribution is 0.0892. The van der Waals surface area contributed by atoms with Crippen molar-refractivity contribution >= 4 is 14.4 Å². The molecule has 1 aromatic heterocycles. The number of hydrogen-bond donors (Lipinski definition) is 0. The van der Waals surface area contributed by atoms with Gasteiger partial charge < -0.3 is 9.16 Å². The largest absolute Gasteiger partial charge is 0.543 e. The van der Waals surface area contributed by atoms with E-state index in [1.165, 1.54) is 0 Å². The van der Waals surface area contributed by atoms with Gasteiger partial charge in [0.25, 0.3) is 8.32 Å². The van der Waals surface area contributed by atoms with Gasteiger partial charge in [0.05, 0.1) is 12.8 Å². The zero-order valence-corrected chi connectivity index (χ0v) is 18.0. The van der Waals surface area contributed by atoms with Crippen molar-refractivity contribution in [3.63, 3.8) is 0 Å². The molecule has 0 fully saturated rings. The summed E-state index contributed by atoms with van der Waals surface area (Å²) in [6, 6.07) is 3.62. The van der Waals surface area contributed by atoms with Gasteiger partial charge >= 0.3 is 6.09 Å². The van der Waals surface area contributed by atoms with E-state index in [1.54, 1.807) is 23.5 Å². The van der Waals surface area contributed by atoms with Crippen molar-refractivity contribution < 1.29 is 14.0 Å². The highest BCUT2D eigenvalue weighted by molar-refractivity contribution is 6.77. The fourth-order valence-electron chi connectivity index (χ4n) is 4.20. The second-order valence-corrected chi connectivity index (χ2v) is 13.1. The first kappa shape index (κ1) is 20.5. The number of ether oxygens (including phenoxy) is 1. The zero-order chi connectivity index (χ0) is 19.5. The predicted molar refractivity (Wildman–Crippen MR) is 106 cm³/mol. The van der Waals surface area contributed by atoms with Gasteiger partial charge in [0.1, 0.15) is 11.8 Å². The molecule has 1 amide bonds. The number of hydrogen-bond acceptors (Lipinski definition) is 4. The minimum Gasteiger partial charge on any atom is -0.543 e. The molecular weight excluding hydrogens is 344 g/mol. The molecule has 1 unspecified atom stereocenters. The van der Waals surface area contributed by atoms with E-state index in [-0.39, 0.29) is 12.1 Å². The second kappa shape index (κ2) is 8.25. The predicted octanol–water partition coefficient (Wildman–Crippen LogP) is 5.63. The van der Waals surface area contributed by atoms with Gasteiger partial charge in [0.15, 0.2) is 0 Å². The average molecular weight is 377 g/mol. The Morgan fingerprint density at radius 1 is 1.12 bits per heavy atom. The van der Waals surface area contributed by atoms with E-state index in [2.05, 4.69) is 46.5 Å². The summed E-state index contributed by atoms with van der Waals surface area (Å²) < 4.78 is 12.0. The first-order chi connectivity index (χ1) is 12.3. The van der Waals surface area contributed by atoms with Gasteiger partial charge in [0.2, 0.25) is 0 Å². The van der Waals surface area contributed by atoms with E-state index in [1.807, 2.05) is 19.1 Å². The van der Waals surface area contributed by atoms with Gasteiger partial charge in [-0.3, -0.25) is 9.88 Å². The van der Waals surface area contributed by atoms with Crippen molar-refractivity contribution in [3.8, 4) is 0 Å². The van der Waals surface area contributed by atoms with Crippen LogP contribution in [0.5, 0.6) is 0 Å². The van der Waals surface area contributed by atoms with E-state index < -0.39 is 8.32 Å². The maximum Gasteiger partial charge on any atom is 0.414 e. The molecular formula is C20H32N2O3Si. The normalized spacial score (nSPS) is 17.4. The van der Waals surface area contributed by atoms with Crippen LogP contribution >= 0.6 is 0 Å². The van der Waals surface area contributed by atoms with Crippen molar-refractivity contribution in [2.24, 2.45) is 0 Å². The van der Waals surface area contributed by atoms with Crippen LogP contribution in [0.15, 0.2) is 36.5 Å². The molecule has 0 radical (unpaired) electrons. The minimum absolute atomic E-state index is 0.236. The Bertz CT molecular complexity index is 622. The highest BCUT2D eigenvalue weighted by atomic mass is 28.4. The molecule has 0 aromatic carbocycles. The van der Waals surface area contributed by atoms with E-state index in [9.17, 15) is 4.79 Å². The number of pyridine rings is 1. The van der Waals surface area contributed by atoms with Crippen LogP contribution in [0.2, 0.25) is 16.6 Å². The third-order valence-corrected chi connectivity index (χ3v) is 11.3. The first-order valence-corrected chi connectivity index (χ1v) is 11.6. The molecule has 0 bridgehead atoms. The molecule has 144 valence electrons. The SMILES string of the molecule is CCOC(=O)N1C=C(O[Si](C(C)C)(C(C)C)C(C)C)C1c1ccncc1. The van der Waals surface area contributed by atoms with Crippen LogP contribution in [0, 0.1) is 0 Å². The monoisotopic (exact) mass is 376 g/mol. The number of rotatable bonds is 7. The molecule has 0 saturated carbocycles. The number of aromatic nitrogens is 1. The second-order valence-electron chi connectivity index (χ2n) is 7.74. The molecule has 2 rings (SSSR count). The summed E-state index contributed by atoms with van der Waals surface area (Å²) in [5.41, 5.74) is 2.40. The summed E-state index contributed by atoms with van der Waals surface area (Å²) in [4.78, 5) is 18.0. The van der Waals surface area contributed by atoms with Crippen LogP contribution in [0.4, 0.5) is 4.79 Å². The Hall–Kier alpha value is -1.82. The van der Waals surface area contributed by atoms with Crippen molar-refractivity contribution in [1.82, 2.24) is 9.88 Å². The van der Waals surface area contributed by atoms with Crippen LogP contribution in [0.1, 0.15) is 60.1 Å². The van der Waals surface area contributed by atoms with Crippen LogP contribution in [-0.4, -0.2) is 30.9 Å².